The molecule has 1 heterocycles. The van der Waals surface area contributed by atoms with E-state index in [1.165, 1.54) is 18.2 Å². The molecule has 4 amide bonds. The molecule has 8 nitrogen and oxygen atoms in total. The number of halogens is 2. The number of barbiturate groups is 1. The number of urea groups is 1. The van der Waals surface area contributed by atoms with E-state index in [9.17, 15) is 19.2 Å². The summed E-state index contributed by atoms with van der Waals surface area (Å²) in [5.74, 6) is -2.04. The molecule has 3 aromatic rings. The lowest BCUT2D eigenvalue weighted by molar-refractivity contribution is -0.122. The average molecular weight is 628 g/mol. The van der Waals surface area contributed by atoms with E-state index in [-0.39, 0.29) is 17.7 Å². The first kappa shape index (κ1) is 26.3. The number of hydrogen-bond acceptors (Lipinski definition) is 5. The molecule has 4 rings (SSSR count). The molecule has 0 spiro atoms. The van der Waals surface area contributed by atoms with Gasteiger partial charge >= 0.3 is 12.0 Å². The van der Waals surface area contributed by atoms with E-state index in [1.807, 2.05) is 13.8 Å². The standard InChI is InChI=1S/C27H20Br2N2O6/c1-14-3-8-19(9-15(14)2)31-25(33)20(24(32)30-27(31)36)10-17-11-21(28)23(22(29)12-17)37-13-16-4-6-18(7-5-16)26(34)35/h3-12H,13H2,1-2H3,(H,34,35)(H,30,32,36)/b20-10+. The van der Waals surface area contributed by atoms with Gasteiger partial charge in [-0.1, -0.05) is 18.2 Å². The Balaban J connectivity index is 1.58. The topological polar surface area (TPSA) is 113 Å². The van der Waals surface area contributed by atoms with E-state index in [4.69, 9.17) is 9.84 Å². The predicted molar refractivity (Wildman–Crippen MR) is 144 cm³/mol. The van der Waals surface area contributed by atoms with Crippen molar-refractivity contribution in [3.8, 4) is 5.75 Å². The van der Waals surface area contributed by atoms with Crippen molar-refractivity contribution in [1.82, 2.24) is 5.32 Å². The highest BCUT2D eigenvalue weighted by Gasteiger charge is 2.37. The molecule has 0 saturated carbocycles. The number of carbonyl (C=O) groups is 4. The van der Waals surface area contributed by atoms with E-state index in [0.717, 1.165) is 21.6 Å². The Morgan fingerprint density at radius 3 is 2.22 bits per heavy atom. The Labute approximate surface area is 229 Å². The maximum absolute atomic E-state index is 13.2. The number of imide groups is 2. The zero-order valence-corrected chi connectivity index (χ0v) is 22.8. The maximum Gasteiger partial charge on any atom is 0.335 e. The maximum atomic E-state index is 13.2. The lowest BCUT2D eigenvalue weighted by Crippen LogP contribution is -2.54. The number of nitrogens with zero attached hydrogens (tertiary/aromatic N) is 1. The second-order valence-electron chi connectivity index (χ2n) is 8.33. The fraction of sp³-hybridized carbons (Fsp3) is 0.111. The highest BCUT2D eigenvalue weighted by atomic mass is 79.9. The fourth-order valence-corrected chi connectivity index (χ4v) is 5.07. The van der Waals surface area contributed by atoms with Gasteiger partial charge < -0.3 is 9.84 Å². The van der Waals surface area contributed by atoms with Gasteiger partial charge in [-0.15, -0.1) is 0 Å². The SMILES string of the molecule is Cc1ccc(N2C(=O)NC(=O)/C(=C\c3cc(Br)c(OCc4ccc(C(=O)O)cc4)c(Br)c3)C2=O)cc1C. The van der Waals surface area contributed by atoms with Crippen LogP contribution in [0.4, 0.5) is 10.5 Å². The van der Waals surface area contributed by atoms with Crippen molar-refractivity contribution in [2.24, 2.45) is 0 Å². The second kappa shape index (κ2) is 10.7. The van der Waals surface area contributed by atoms with Crippen LogP contribution in [0, 0.1) is 13.8 Å². The van der Waals surface area contributed by atoms with Crippen LogP contribution in [-0.4, -0.2) is 28.9 Å². The second-order valence-corrected chi connectivity index (χ2v) is 10.0. The molecule has 3 aromatic carbocycles. The fourth-order valence-electron chi connectivity index (χ4n) is 3.62. The van der Waals surface area contributed by atoms with Crippen LogP contribution in [0.25, 0.3) is 6.08 Å². The predicted octanol–water partition coefficient (Wildman–Crippen LogP) is 5.77. The molecule has 10 heteroatoms. The van der Waals surface area contributed by atoms with E-state index in [1.54, 1.807) is 42.5 Å². The monoisotopic (exact) mass is 626 g/mol. The normalized spacial score (nSPS) is 14.6. The smallest absolute Gasteiger partial charge is 0.335 e. The molecular formula is C27H20Br2N2O6. The van der Waals surface area contributed by atoms with E-state index in [2.05, 4.69) is 37.2 Å². The number of carbonyl (C=O) groups excluding carboxylic acids is 3. The summed E-state index contributed by atoms with van der Waals surface area (Å²) in [5.41, 5.74) is 3.56. The number of aryl methyl sites for hydroxylation is 2. The summed E-state index contributed by atoms with van der Waals surface area (Å²) in [4.78, 5) is 50.2. The van der Waals surface area contributed by atoms with Gasteiger partial charge in [-0.2, -0.15) is 0 Å². The molecule has 0 aromatic heterocycles. The van der Waals surface area contributed by atoms with Gasteiger partial charge in [-0.3, -0.25) is 14.9 Å². The number of nitrogens with one attached hydrogen (secondary N) is 1. The van der Waals surface area contributed by atoms with E-state index < -0.39 is 23.8 Å². The molecule has 1 aliphatic rings. The molecule has 0 aliphatic carbocycles. The number of aromatic carboxylic acids is 1. The molecule has 1 aliphatic heterocycles. The van der Waals surface area contributed by atoms with Crippen LogP contribution in [0.1, 0.15) is 32.6 Å². The summed E-state index contributed by atoms with van der Waals surface area (Å²) in [6.07, 6.45) is 1.40. The highest BCUT2D eigenvalue weighted by molar-refractivity contribution is 9.11. The number of ether oxygens (including phenoxy) is 1. The minimum absolute atomic E-state index is 0.183. The van der Waals surface area contributed by atoms with Crippen molar-refractivity contribution >= 4 is 67.4 Å². The zero-order valence-electron chi connectivity index (χ0n) is 19.7. The van der Waals surface area contributed by atoms with Crippen LogP contribution in [0.5, 0.6) is 5.75 Å². The van der Waals surface area contributed by atoms with Crippen molar-refractivity contribution in [1.29, 1.82) is 0 Å². The molecule has 2 N–H and O–H groups in total. The number of rotatable bonds is 6. The zero-order chi connectivity index (χ0) is 26.9. The molecule has 0 bridgehead atoms. The molecule has 188 valence electrons. The summed E-state index contributed by atoms with van der Waals surface area (Å²) < 4.78 is 7.00. The molecule has 1 saturated heterocycles. The number of anilines is 1. The summed E-state index contributed by atoms with van der Waals surface area (Å²) >= 11 is 6.92. The Hall–Kier alpha value is -3.76. The summed E-state index contributed by atoms with van der Waals surface area (Å²) in [6.45, 7) is 3.98. The van der Waals surface area contributed by atoms with Crippen molar-refractivity contribution in [3.63, 3.8) is 0 Å². The number of hydrogen-bond donors (Lipinski definition) is 2. The molecular weight excluding hydrogens is 608 g/mol. The Bertz CT molecular complexity index is 1460. The number of amides is 4. The summed E-state index contributed by atoms with van der Waals surface area (Å²) in [5, 5.41) is 11.3. The van der Waals surface area contributed by atoms with Crippen LogP contribution in [0.15, 0.2) is 69.1 Å². The third-order valence-electron chi connectivity index (χ3n) is 5.77. The number of benzene rings is 3. The van der Waals surface area contributed by atoms with Crippen LogP contribution in [0.3, 0.4) is 0 Å². The van der Waals surface area contributed by atoms with Crippen molar-refractivity contribution in [3.05, 3.63) is 96.9 Å². The summed E-state index contributed by atoms with van der Waals surface area (Å²) in [6, 6.07) is 14.1. The third kappa shape index (κ3) is 5.65. The van der Waals surface area contributed by atoms with Crippen LogP contribution in [-0.2, 0) is 16.2 Å². The largest absolute Gasteiger partial charge is 0.487 e. The van der Waals surface area contributed by atoms with E-state index >= 15 is 0 Å². The van der Waals surface area contributed by atoms with Crippen LogP contribution >= 0.6 is 31.9 Å². The minimum atomic E-state index is -1.01. The van der Waals surface area contributed by atoms with Gasteiger partial charge in [0.05, 0.1) is 20.2 Å². The van der Waals surface area contributed by atoms with Gasteiger partial charge in [0.15, 0.2) is 0 Å². The van der Waals surface area contributed by atoms with Gasteiger partial charge in [-0.05, 0) is 110 Å². The van der Waals surface area contributed by atoms with Gasteiger partial charge in [0.1, 0.15) is 17.9 Å². The molecule has 0 radical (unpaired) electrons. The lowest BCUT2D eigenvalue weighted by atomic mass is 10.0. The quantitative estimate of drug-likeness (QED) is 0.265. The molecule has 37 heavy (non-hydrogen) atoms. The average Bonchev–Trinajstić information content (AvgIpc) is 2.83. The molecule has 1 fully saturated rings. The first-order valence-electron chi connectivity index (χ1n) is 11.0. The van der Waals surface area contributed by atoms with Crippen molar-refractivity contribution in [2.45, 2.75) is 20.5 Å². The Morgan fingerprint density at radius 2 is 1.62 bits per heavy atom. The Morgan fingerprint density at radius 1 is 0.973 bits per heavy atom. The van der Waals surface area contributed by atoms with Crippen LogP contribution in [0.2, 0.25) is 0 Å². The first-order valence-corrected chi connectivity index (χ1v) is 12.6. The van der Waals surface area contributed by atoms with Gasteiger partial charge in [0.25, 0.3) is 11.8 Å². The van der Waals surface area contributed by atoms with Gasteiger partial charge in [0.2, 0.25) is 0 Å². The highest BCUT2D eigenvalue weighted by Crippen LogP contribution is 2.36. The Kier molecular flexibility index (Phi) is 7.60. The third-order valence-corrected chi connectivity index (χ3v) is 6.94. The van der Waals surface area contributed by atoms with E-state index in [0.29, 0.717) is 25.9 Å². The van der Waals surface area contributed by atoms with Gasteiger partial charge in [-0.25, -0.2) is 14.5 Å². The summed E-state index contributed by atoms with van der Waals surface area (Å²) in [7, 11) is 0. The lowest BCUT2D eigenvalue weighted by Gasteiger charge is -2.27. The minimum Gasteiger partial charge on any atom is -0.487 e. The van der Waals surface area contributed by atoms with Gasteiger partial charge in [0, 0.05) is 0 Å². The first-order chi connectivity index (χ1) is 17.5. The number of carboxylic acid groups (broad SMARTS) is 1. The molecule has 0 atom stereocenters. The van der Waals surface area contributed by atoms with Crippen molar-refractivity contribution in [2.75, 3.05) is 4.90 Å². The number of carboxylic acids is 1. The molecule has 0 unspecified atom stereocenters. The van der Waals surface area contributed by atoms with Crippen LogP contribution < -0.4 is 15.0 Å². The van der Waals surface area contributed by atoms with Crippen molar-refractivity contribution < 1.29 is 29.0 Å².